The lowest BCUT2D eigenvalue weighted by Crippen LogP contribution is -2.13. The molecule has 33 heavy (non-hydrogen) atoms. The third kappa shape index (κ3) is 4.23. The first-order chi connectivity index (χ1) is 16.0. The molecule has 0 aliphatic carbocycles. The van der Waals surface area contributed by atoms with E-state index in [4.69, 9.17) is 23.2 Å². The third-order valence-corrected chi connectivity index (χ3v) is 6.01. The second-order valence-corrected chi connectivity index (χ2v) is 8.61. The van der Waals surface area contributed by atoms with Gasteiger partial charge in [0.25, 0.3) is 5.91 Å². The Bertz CT molecular complexity index is 1480. The van der Waals surface area contributed by atoms with Crippen LogP contribution in [0.2, 0.25) is 10.0 Å². The third-order valence-electron chi connectivity index (χ3n) is 5.47. The van der Waals surface area contributed by atoms with Crippen LogP contribution in [-0.4, -0.2) is 15.7 Å². The Kier molecular flexibility index (Phi) is 5.63. The van der Waals surface area contributed by atoms with Gasteiger partial charge in [0.05, 0.1) is 22.1 Å². The molecule has 0 saturated heterocycles. The Morgan fingerprint density at radius 1 is 0.879 bits per heavy atom. The number of halogens is 2. The molecule has 6 heteroatoms. The first kappa shape index (κ1) is 21.3. The number of hydrogen-bond donors (Lipinski definition) is 1. The first-order valence-electron chi connectivity index (χ1n) is 10.4. The van der Waals surface area contributed by atoms with Crippen molar-refractivity contribution in [2.75, 3.05) is 5.32 Å². The summed E-state index contributed by atoms with van der Waals surface area (Å²) in [7, 11) is 0. The molecule has 0 fully saturated rings. The van der Waals surface area contributed by atoms with Crippen LogP contribution in [0, 0.1) is 6.92 Å². The monoisotopic (exact) mass is 471 g/mol. The van der Waals surface area contributed by atoms with Crippen LogP contribution in [0.5, 0.6) is 0 Å². The van der Waals surface area contributed by atoms with Crippen molar-refractivity contribution in [1.29, 1.82) is 0 Å². The summed E-state index contributed by atoms with van der Waals surface area (Å²) in [5, 5.41) is 10.6. The summed E-state index contributed by atoms with van der Waals surface area (Å²) in [4.78, 5) is 13.1. The van der Waals surface area contributed by atoms with Crippen LogP contribution in [0.15, 0.2) is 91.0 Å². The molecule has 0 saturated carbocycles. The maximum atomic E-state index is 13.1. The normalized spacial score (nSPS) is 11.0. The molecule has 5 aromatic rings. The Morgan fingerprint density at radius 3 is 2.42 bits per heavy atom. The van der Waals surface area contributed by atoms with Gasteiger partial charge in [0.2, 0.25) is 0 Å². The fourth-order valence-corrected chi connectivity index (χ4v) is 4.25. The summed E-state index contributed by atoms with van der Waals surface area (Å²) >= 11 is 12.2. The maximum Gasteiger partial charge on any atom is 0.276 e. The van der Waals surface area contributed by atoms with Crippen molar-refractivity contribution in [3.8, 4) is 16.9 Å². The molecule has 0 aliphatic rings. The molecule has 0 atom stereocenters. The molecule has 4 aromatic carbocycles. The number of rotatable bonds is 4. The Labute approximate surface area is 201 Å². The highest BCUT2D eigenvalue weighted by atomic mass is 35.5. The highest BCUT2D eigenvalue weighted by molar-refractivity contribution is 6.36. The smallest absolute Gasteiger partial charge is 0.276 e. The van der Waals surface area contributed by atoms with Crippen LogP contribution in [0.1, 0.15) is 16.1 Å². The molecule has 1 N–H and O–H groups in total. The fourth-order valence-electron chi connectivity index (χ4n) is 3.79. The molecule has 0 bridgehead atoms. The summed E-state index contributed by atoms with van der Waals surface area (Å²) < 4.78 is 1.81. The van der Waals surface area contributed by atoms with Gasteiger partial charge in [-0.15, -0.1) is 0 Å². The van der Waals surface area contributed by atoms with E-state index in [1.165, 1.54) is 0 Å². The topological polar surface area (TPSA) is 46.9 Å². The van der Waals surface area contributed by atoms with Crippen LogP contribution >= 0.6 is 23.2 Å². The Hall–Kier alpha value is -3.60. The Morgan fingerprint density at radius 2 is 1.64 bits per heavy atom. The van der Waals surface area contributed by atoms with Gasteiger partial charge in [-0.3, -0.25) is 4.79 Å². The molecule has 1 amide bonds. The van der Waals surface area contributed by atoms with Crippen LogP contribution in [0.4, 0.5) is 5.69 Å². The molecule has 1 aromatic heterocycles. The number of nitrogens with one attached hydrogen (secondary N) is 1. The minimum absolute atomic E-state index is 0.282. The van der Waals surface area contributed by atoms with Gasteiger partial charge in [-0.05, 0) is 54.1 Å². The highest BCUT2D eigenvalue weighted by Gasteiger charge is 2.19. The predicted octanol–water partition coefficient (Wildman–Crippen LogP) is 7.56. The molecule has 0 aliphatic heterocycles. The molecule has 0 spiro atoms. The predicted molar refractivity (Wildman–Crippen MR) is 136 cm³/mol. The lowest BCUT2D eigenvalue weighted by Gasteiger charge is -2.10. The van der Waals surface area contributed by atoms with Gasteiger partial charge >= 0.3 is 0 Å². The molecule has 0 unspecified atom stereocenters. The van der Waals surface area contributed by atoms with Crippen molar-refractivity contribution in [2.24, 2.45) is 0 Å². The minimum Gasteiger partial charge on any atom is -0.319 e. The van der Waals surface area contributed by atoms with E-state index in [1.54, 1.807) is 28.9 Å². The van der Waals surface area contributed by atoms with E-state index in [-0.39, 0.29) is 11.6 Å². The highest BCUT2D eigenvalue weighted by Crippen LogP contribution is 2.32. The number of carbonyl (C=O) groups is 1. The second kappa shape index (κ2) is 8.74. The molecule has 0 radical (unpaired) electrons. The molecule has 4 nitrogen and oxygen atoms in total. The number of fused-ring (bicyclic) bond motifs is 1. The van der Waals surface area contributed by atoms with Crippen LogP contribution < -0.4 is 5.32 Å². The zero-order valence-electron chi connectivity index (χ0n) is 17.7. The van der Waals surface area contributed by atoms with E-state index >= 15 is 0 Å². The van der Waals surface area contributed by atoms with Gasteiger partial charge in [0, 0.05) is 10.6 Å². The van der Waals surface area contributed by atoms with E-state index in [0.717, 1.165) is 33.3 Å². The number of benzene rings is 4. The van der Waals surface area contributed by atoms with Gasteiger partial charge in [0.15, 0.2) is 5.69 Å². The number of nitrogens with zero attached hydrogens (tertiary/aromatic N) is 2. The van der Waals surface area contributed by atoms with Crippen molar-refractivity contribution in [3.05, 3.63) is 112 Å². The summed E-state index contributed by atoms with van der Waals surface area (Å²) in [6.07, 6.45) is 0. The van der Waals surface area contributed by atoms with Gasteiger partial charge in [0.1, 0.15) is 0 Å². The van der Waals surface area contributed by atoms with Gasteiger partial charge < -0.3 is 5.32 Å². The van der Waals surface area contributed by atoms with E-state index in [9.17, 15) is 4.79 Å². The average molecular weight is 472 g/mol. The van der Waals surface area contributed by atoms with Crippen molar-refractivity contribution in [2.45, 2.75) is 6.92 Å². The van der Waals surface area contributed by atoms with Crippen molar-refractivity contribution in [3.63, 3.8) is 0 Å². The summed E-state index contributed by atoms with van der Waals surface area (Å²) in [6, 6.07) is 29.1. The number of aromatic nitrogens is 2. The standard InChI is InChI=1S/C27H19Cl2N3O/c1-17-9-12-20(13-10-17)32-26(22-8-4-6-18-5-2-3-7-21(18)22)16-25(31-32)27(33)30-24-14-11-19(28)15-23(24)29/h2-16H,1H3,(H,30,33). The lowest BCUT2D eigenvalue weighted by molar-refractivity contribution is 0.102. The largest absolute Gasteiger partial charge is 0.319 e. The van der Waals surface area contributed by atoms with Gasteiger partial charge in [-0.2, -0.15) is 5.10 Å². The SMILES string of the molecule is Cc1ccc(-n2nc(C(=O)Nc3ccc(Cl)cc3Cl)cc2-c2cccc3ccccc23)cc1. The summed E-state index contributed by atoms with van der Waals surface area (Å²) in [5.41, 5.74) is 4.58. The van der Waals surface area contributed by atoms with Crippen molar-refractivity contribution in [1.82, 2.24) is 9.78 Å². The number of hydrogen-bond acceptors (Lipinski definition) is 2. The van der Waals surface area contributed by atoms with E-state index in [0.29, 0.717) is 15.7 Å². The maximum absolute atomic E-state index is 13.1. The van der Waals surface area contributed by atoms with E-state index in [1.807, 2.05) is 55.5 Å². The zero-order valence-corrected chi connectivity index (χ0v) is 19.2. The molecule has 1 heterocycles. The second-order valence-electron chi connectivity index (χ2n) is 7.77. The van der Waals surface area contributed by atoms with E-state index < -0.39 is 0 Å². The van der Waals surface area contributed by atoms with Crippen LogP contribution in [0.25, 0.3) is 27.7 Å². The minimum atomic E-state index is -0.355. The van der Waals surface area contributed by atoms with Crippen LogP contribution in [-0.2, 0) is 0 Å². The fraction of sp³-hybridized carbons (Fsp3) is 0.0370. The molecule has 5 rings (SSSR count). The molecular weight excluding hydrogens is 453 g/mol. The molecular formula is C27H19Cl2N3O. The average Bonchev–Trinajstić information content (AvgIpc) is 3.26. The quantitative estimate of drug-likeness (QED) is 0.293. The van der Waals surface area contributed by atoms with Crippen LogP contribution in [0.3, 0.4) is 0 Å². The van der Waals surface area contributed by atoms with Crippen molar-refractivity contribution < 1.29 is 4.79 Å². The summed E-state index contributed by atoms with van der Waals surface area (Å²) in [6.45, 7) is 2.03. The zero-order chi connectivity index (χ0) is 22.9. The summed E-state index contributed by atoms with van der Waals surface area (Å²) in [5.74, 6) is -0.355. The number of aryl methyl sites for hydroxylation is 1. The Balaban J connectivity index is 1.63. The van der Waals surface area contributed by atoms with Gasteiger partial charge in [-0.1, -0.05) is 83.4 Å². The lowest BCUT2D eigenvalue weighted by atomic mass is 10.0. The van der Waals surface area contributed by atoms with Gasteiger partial charge in [-0.25, -0.2) is 4.68 Å². The number of anilines is 1. The molecule has 162 valence electrons. The number of carbonyl (C=O) groups excluding carboxylic acids is 1. The first-order valence-corrected chi connectivity index (χ1v) is 11.2. The number of amides is 1. The van der Waals surface area contributed by atoms with E-state index in [2.05, 4.69) is 28.6 Å². The van der Waals surface area contributed by atoms with Crippen molar-refractivity contribution >= 4 is 45.6 Å².